The molecule has 0 saturated heterocycles. The first kappa shape index (κ1) is 12.3. The summed E-state index contributed by atoms with van der Waals surface area (Å²) in [5, 5.41) is 11.2. The van der Waals surface area contributed by atoms with E-state index in [2.05, 4.69) is 5.32 Å². The summed E-state index contributed by atoms with van der Waals surface area (Å²) in [5.41, 5.74) is 6.47. The van der Waals surface area contributed by atoms with E-state index in [1.165, 1.54) is 7.11 Å². The molecule has 0 fully saturated rings. The monoisotopic (exact) mass is 224 g/mol. The van der Waals surface area contributed by atoms with Crippen molar-refractivity contribution in [3.8, 4) is 5.75 Å². The maximum Gasteiger partial charge on any atom is 0.253 e. The van der Waals surface area contributed by atoms with Crippen LogP contribution in [-0.4, -0.2) is 31.3 Å². The molecule has 0 spiro atoms. The first-order valence-electron chi connectivity index (χ1n) is 5.01. The number of nitrogens with two attached hydrogens (primary N) is 1. The number of carbonyl (C=O) groups is 1. The summed E-state index contributed by atoms with van der Waals surface area (Å²) in [4.78, 5) is 11.7. The molecule has 1 amide bonds. The Morgan fingerprint density at radius 1 is 1.56 bits per heavy atom. The van der Waals surface area contributed by atoms with E-state index in [0.717, 1.165) is 0 Å². The molecule has 0 aliphatic heterocycles. The van der Waals surface area contributed by atoms with Gasteiger partial charge in [-0.15, -0.1) is 0 Å². The van der Waals surface area contributed by atoms with Crippen molar-refractivity contribution in [2.24, 2.45) is 0 Å². The molecular weight excluding hydrogens is 208 g/mol. The SMILES string of the molecule is COc1ccc(N)c(C(=O)NCCCO)c1. The van der Waals surface area contributed by atoms with Crippen LogP contribution in [0.25, 0.3) is 0 Å². The van der Waals surface area contributed by atoms with E-state index in [1.54, 1.807) is 18.2 Å². The molecule has 0 aliphatic rings. The van der Waals surface area contributed by atoms with E-state index < -0.39 is 0 Å². The number of hydrogen-bond acceptors (Lipinski definition) is 4. The number of hydrogen-bond donors (Lipinski definition) is 3. The van der Waals surface area contributed by atoms with Crippen LogP contribution in [0.4, 0.5) is 5.69 Å². The minimum Gasteiger partial charge on any atom is -0.497 e. The van der Waals surface area contributed by atoms with Crippen LogP contribution in [-0.2, 0) is 0 Å². The number of nitrogen functional groups attached to an aromatic ring is 1. The molecular formula is C11H16N2O3. The van der Waals surface area contributed by atoms with Gasteiger partial charge in [0.2, 0.25) is 0 Å². The molecule has 0 bridgehead atoms. The molecule has 1 aromatic carbocycles. The van der Waals surface area contributed by atoms with Gasteiger partial charge in [-0.1, -0.05) is 0 Å². The predicted octanol–water partition coefficient (Wildman–Crippen LogP) is 0.390. The van der Waals surface area contributed by atoms with Crippen molar-refractivity contribution in [1.82, 2.24) is 5.32 Å². The Morgan fingerprint density at radius 3 is 2.94 bits per heavy atom. The summed E-state index contributed by atoms with van der Waals surface area (Å²) in [5.74, 6) is 0.325. The highest BCUT2D eigenvalue weighted by molar-refractivity contribution is 5.99. The van der Waals surface area contributed by atoms with Gasteiger partial charge in [-0.3, -0.25) is 4.79 Å². The van der Waals surface area contributed by atoms with E-state index >= 15 is 0 Å². The van der Waals surface area contributed by atoms with Crippen LogP contribution in [0, 0.1) is 0 Å². The third kappa shape index (κ3) is 3.13. The number of rotatable bonds is 5. The Bertz CT molecular complexity index is 366. The third-order valence-corrected chi connectivity index (χ3v) is 2.13. The zero-order chi connectivity index (χ0) is 12.0. The number of benzene rings is 1. The minimum atomic E-state index is -0.259. The molecule has 0 saturated carbocycles. The van der Waals surface area contributed by atoms with Gasteiger partial charge in [-0.05, 0) is 24.6 Å². The van der Waals surface area contributed by atoms with Crippen LogP contribution < -0.4 is 15.8 Å². The molecule has 88 valence electrons. The Morgan fingerprint density at radius 2 is 2.31 bits per heavy atom. The van der Waals surface area contributed by atoms with Gasteiger partial charge < -0.3 is 20.9 Å². The number of carbonyl (C=O) groups excluding carboxylic acids is 1. The van der Waals surface area contributed by atoms with Crippen molar-refractivity contribution in [1.29, 1.82) is 0 Å². The molecule has 4 N–H and O–H groups in total. The summed E-state index contributed by atoms with van der Waals surface area (Å²) < 4.78 is 5.01. The van der Waals surface area contributed by atoms with Crippen LogP contribution in [0.2, 0.25) is 0 Å². The minimum absolute atomic E-state index is 0.0495. The van der Waals surface area contributed by atoms with Crippen molar-refractivity contribution in [2.45, 2.75) is 6.42 Å². The maximum atomic E-state index is 11.7. The van der Waals surface area contributed by atoms with Gasteiger partial charge in [-0.2, -0.15) is 0 Å². The molecule has 5 nitrogen and oxygen atoms in total. The van der Waals surface area contributed by atoms with Crippen molar-refractivity contribution in [3.05, 3.63) is 23.8 Å². The van der Waals surface area contributed by atoms with Gasteiger partial charge in [0.15, 0.2) is 0 Å². The summed E-state index contributed by atoms with van der Waals surface area (Å²) in [6.07, 6.45) is 0.523. The quantitative estimate of drug-likeness (QED) is 0.499. The molecule has 0 heterocycles. The smallest absolute Gasteiger partial charge is 0.253 e. The first-order valence-corrected chi connectivity index (χ1v) is 5.01. The average molecular weight is 224 g/mol. The van der Waals surface area contributed by atoms with E-state index in [4.69, 9.17) is 15.6 Å². The topological polar surface area (TPSA) is 84.6 Å². The van der Waals surface area contributed by atoms with Gasteiger partial charge >= 0.3 is 0 Å². The van der Waals surface area contributed by atoms with Crippen molar-refractivity contribution < 1.29 is 14.6 Å². The van der Waals surface area contributed by atoms with Crippen molar-refractivity contribution in [3.63, 3.8) is 0 Å². The summed E-state index contributed by atoms with van der Waals surface area (Å²) in [6, 6.07) is 4.91. The molecule has 16 heavy (non-hydrogen) atoms. The molecule has 0 aromatic heterocycles. The fraction of sp³-hybridized carbons (Fsp3) is 0.364. The molecule has 5 heteroatoms. The number of ether oxygens (including phenoxy) is 1. The molecule has 0 unspecified atom stereocenters. The zero-order valence-electron chi connectivity index (χ0n) is 9.19. The van der Waals surface area contributed by atoms with Crippen LogP contribution in [0.3, 0.4) is 0 Å². The lowest BCUT2D eigenvalue weighted by Crippen LogP contribution is -2.25. The Kier molecular flexibility index (Phi) is 4.60. The highest BCUT2D eigenvalue weighted by Gasteiger charge is 2.10. The second kappa shape index (κ2) is 5.97. The van der Waals surface area contributed by atoms with Gasteiger partial charge in [-0.25, -0.2) is 0 Å². The van der Waals surface area contributed by atoms with Gasteiger partial charge in [0.05, 0.1) is 12.7 Å². The number of amides is 1. The fourth-order valence-corrected chi connectivity index (χ4v) is 1.24. The van der Waals surface area contributed by atoms with Crippen molar-refractivity contribution in [2.75, 3.05) is 26.0 Å². The largest absolute Gasteiger partial charge is 0.497 e. The lowest BCUT2D eigenvalue weighted by molar-refractivity contribution is 0.0951. The number of methoxy groups -OCH3 is 1. The highest BCUT2D eigenvalue weighted by atomic mass is 16.5. The van der Waals surface area contributed by atoms with E-state index in [0.29, 0.717) is 30.0 Å². The number of aliphatic hydroxyl groups is 1. The Hall–Kier alpha value is -1.75. The van der Waals surface area contributed by atoms with E-state index in [-0.39, 0.29) is 12.5 Å². The average Bonchev–Trinajstić information content (AvgIpc) is 2.30. The second-order valence-electron chi connectivity index (χ2n) is 3.29. The van der Waals surface area contributed by atoms with Crippen molar-refractivity contribution >= 4 is 11.6 Å². The second-order valence-corrected chi connectivity index (χ2v) is 3.29. The molecule has 1 rings (SSSR count). The van der Waals surface area contributed by atoms with Gasteiger partial charge in [0.25, 0.3) is 5.91 Å². The molecule has 0 radical (unpaired) electrons. The molecule has 0 aliphatic carbocycles. The maximum absolute atomic E-state index is 11.7. The van der Waals surface area contributed by atoms with E-state index in [1.807, 2.05) is 0 Å². The molecule has 1 aromatic rings. The Labute approximate surface area is 94.2 Å². The first-order chi connectivity index (χ1) is 7.69. The predicted molar refractivity (Wildman–Crippen MR) is 61.4 cm³/mol. The van der Waals surface area contributed by atoms with Crippen LogP contribution >= 0.6 is 0 Å². The number of anilines is 1. The Balaban J connectivity index is 2.73. The third-order valence-electron chi connectivity index (χ3n) is 2.13. The molecule has 0 atom stereocenters. The van der Waals surface area contributed by atoms with Gasteiger partial charge in [0.1, 0.15) is 5.75 Å². The van der Waals surface area contributed by atoms with Crippen LogP contribution in [0.15, 0.2) is 18.2 Å². The van der Waals surface area contributed by atoms with Crippen LogP contribution in [0.5, 0.6) is 5.75 Å². The lowest BCUT2D eigenvalue weighted by Gasteiger charge is -2.08. The van der Waals surface area contributed by atoms with Crippen LogP contribution in [0.1, 0.15) is 16.8 Å². The highest BCUT2D eigenvalue weighted by Crippen LogP contribution is 2.19. The zero-order valence-corrected chi connectivity index (χ0v) is 9.19. The van der Waals surface area contributed by atoms with E-state index in [9.17, 15) is 4.79 Å². The standard InChI is InChI=1S/C11H16N2O3/c1-16-8-3-4-10(12)9(7-8)11(15)13-5-2-6-14/h3-4,7,14H,2,5-6,12H2,1H3,(H,13,15). The summed E-state index contributed by atoms with van der Waals surface area (Å²) in [7, 11) is 1.53. The fourth-order valence-electron chi connectivity index (χ4n) is 1.24. The number of aliphatic hydroxyl groups excluding tert-OH is 1. The van der Waals surface area contributed by atoms with Gasteiger partial charge in [0, 0.05) is 18.8 Å². The normalized spacial score (nSPS) is 9.88. The summed E-state index contributed by atoms with van der Waals surface area (Å²) >= 11 is 0. The number of nitrogens with one attached hydrogen (secondary N) is 1. The summed E-state index contributed by atoms with van der Waals surface area (Å²) in [6.45, 7) is 0.472. The lowest BCUT2D eigenvalue weighted by atomic mass is 10.1.